The molecular formula is C24H37N3O4S2. The number of nitrogens with one attached hydrogen (secondary N) is 1. The van der Waals surface area contributed by atoms with Crippen molar-refractivity contribution >= 4 is 38.8 Å². The summed E-state index contributed by atoms with van der Waals surface area (Å²) in [6, 6.07) is 10.5. The van der Waals surface area contributed by atoms with Crippen LogP contribution in [0.15, 0.2) is 52.5 Å². The number of benzene rings is 1. The number of nitrogens with zero attached hydrogens (tertiary/aromatic N) is 2. The fraction of sp³-hybridized carbons (Fsp3) is 0.458. The molecule has 0 aliphatic carbocycles. The summed E-state index contributed by atoms with van der Waals surface area (Å²) in [4.78, 5) is 36.4. The molecule has 1 N–H and O–H groups in total. The van der Waals surface area contributed by atoms with Gasteiger partial charge in [-0.25, -0.2) is 4.98 Å². The van der Waals surface area contributed by atoms with Crippen molar-refractivity contribution in [3.63, 3.8) is 0 Å². The van der Waals surface area contributed by atoms with E-state index in [9.17, 15) is 19.7 Å². The third kappa shape index (κ3) is 16.1. The zero-order valence-electron chi connectivity index (χ0n) is 20.9. The van der Waals surface area contributed by atoms with E-state index in [2.05, 4.69) is 24.1 Å². The van der Waals surface area contributed by atoms with E-state index in [1.165, 1.54) is 54.1 Å². The molecule has 1 aromatic heterocycles. The first-order valence-corrected chi connectivity index (χ1v) is 13.0. The largest absolute Gasteiger partial charge is 0.304 e. The smallest absolute Gasteiger partial charge is 0.302 e. The second-order valence-corrected chi connectivity index (χ2v) is 8.85. The number of rotatable bonds is 8. The van der Waals surface area contributed by atoms with Gasteiger partial charge in [0.05, 0.1) is 11.0 Å². The molecule has 0 aliphatic heterocycles. The number of ketones is 2. The Labute approximate surface area is 206 Å². The number of aromatic nitrogens is 1. The predicted molar refractivity (Wildman–Crippen MR) is 140 cm³/mol. The van der Waals surface area contributed by atoms with E-state index in [1.807, 2.05) is 45.0 Å². The highest BCUT2D eigenvalue weighted by Gasteiger charge is 2.16. The first-order chi connectivity index (χ1) is 15.6. The van der Waals surface area contributed by atoms with Crippen molar-refractivity contribution in [3.05, 3.63) is 58.3 Å². The van der Waals surface area contributed by atoms with Crippen molar-refractivity contribution < 1.29 is 14.5 Å². The van der Waals surface area contributed by atoms with E-state index in [0.29, 0.717) is 11.6 Å². The van der Waals surface area contributed by atoms with Crippen LogP contribution in [0.1, 0.15) is 67.4 Å². The molecule has 1 unspecified atom stereocenters. The molecule has 0 spiro atoms. The number of carbonyl (C=O) groups is 2. The minimum Gasteiger partial charge on any atom is -0.304 e. The average Bonchev–Trinajstić information content (AvgIpc) is 2.78. The fourth-order valence-corrected chi connectivity index (χ4v) is 4.07. The summed E-state index contributed by atoms with van der Waals surface area (Å²) in [5.41, 5.74) is 1.03. The highest BCUT2D eigenvalue weighted by Crippen LogP contribution is 2.41. The molecule has 7 nitrogen and oxygen atoms in total. The minimum atomic E-state index is -0.433. The average molecular weight is 496 g/mol. The van der Waals surface area contributed by atoms with E-state index in [1.54, 1.807) is 13.0 Å². The van der Waals surface area contributed by atoms with Crippen LogP contribution in [-0.4, -0.2) is 27.5 Å². The molecule has 2 aromatic rings. The lowest BCUT2D eigenvalue weighted by Gasteiger charge is -2.13. The molecule has 0 fully saturated rings. The van der Waals surface area contributed by atoms with E-state index >= 15 is 0 Å². The quantitative estimate of drug-likeness (QED) is 0.240. The van der Waals surface area contributed by atoms with Gasteiger partial charge < -0.3 is 10.1 Å². The first kappa shape index (κ1) is 32.9. The maximum absolute atomic E-state index is 11.3. The van der Waals surface area contributed by atoms with Gasteiger partial charge in [0.25, 0.3) is 0 Å². The lowest BCUT2D eigenvalue weighted by Crippen LogP contribution is -2.31. The molecule has 9 heteroatoms. The third-order valence-electron chi connectivity index (χ3n) is 3.34. The highest BCUT2D eigenvalue weighted by atomic mass is 33.1. The molecule has 0 bridgehead atoms. The molecule has 2 rings (SSSR count). The Balaban J connectivity index is 0. The fourth-order valence-electron chi connectivity index (χ4n) is 1.81. The zero-order chi connectivity index (χ0) is 25.8. The summed E-state index contributed by atoms with van der Waals surface area (Å²) in [5, 5.41) is 14.6. The van der Waals surface area contributed by atoms with Gasteiger partial charge in [-0.1, -0.05) is 63.1 Å². The molecule has 1 aromatic carbocycles. The van der Waals surface area contributed by atoms with E-state index in [-0.39, 0.29) is 23.3 Å². The molecule has 184 valence electrons. The van der Waals surface area contributed by atoms with Crippen LogP contribution in [0, 0.1) is 10.1 Å². The Morgan fingerprint density at radius 1 is 1.06 bits per heavy atom. The van der Waals surface area contributed by atoms with Crippen LogP contribution in [0.4, 0.5) is 5.69 Å². The number of carbonyl (C=O) groups excluding carboxylic acids is 2. The van der Waals surface area contributed by atoms with Crippen LogP contribution in [-0.2, 0) is 16.1 Å². The number of pyridine rings is 1. The first-order valence-electron chi connectivity index (χ1n) is 10.9. The molecule has 0 saturated heterocycles. The summed E-state index contributed by atoms with van der Waals surface area (Å²) >= 11 is 0. The maximum atomic E-state index is 11.3. The van der Waals surface area contributed by atoms with Crippen molar-refractivity contribution in [1.82, 2.24) is 10.3 Å². The van der Waals surface area contributed by atoms with Gasteiger partial charge >= 0.3 is 5.69 Å². The maximum Gasteiger partial charge on any atom is 0.302 e. The van der Waals surface area contributed by atoms with Gasteiger partial charge in [-0.3, -0.25) is 14.9 Å². The molecule has 1 atom stereocenters. The predicted octanol–water partition coefficient (Wildman–Crippen LogP) is 6.89. The summed E-state index contributed by atoms with van der Waals surface area (Å²) < 4.78 is 0. The topological polar surface area (TPSA) is 102 Å². The minimum absolute atomic E-state index is 0.00388. The van der Waals surface area contributed by atoms with Crippen LogP contribution in [0.2, 0.25) is 0 Å². The van der Waals surface area contributed by atoms with E-state index in [4.69, 9.17) is 0 Å². The molecule has 33 heavy (non-hydrogen) atoms. The Morgan fingerprint density at radius 2 is 1.61 bits per heavy atom. The van der Waals surface area contributed by atoms with Crippen LogP contribution >= 0.6 is 21.6 Å². The van der Waals surface area contributed by atoms with E-state index in [0.717, 1.165) is 10.5 Å². The third-order valence-corrected chi connectivity index (χ3v) is 5.74. The van der Waals surface area contributed by atoms with Crippen LogP contribution in [0.5, 0.6) is 0 Å². The summed E-state index contributed by atoms with van der Waals surface area (Å²) in [5.74, 6) is 0.249. The Bertz CT molecular complexity index is 844. The van der Waals surface area contributed by atoms with Crippen LogP contribution in [0.25, 0.3) is 0 Å². The Hall–Kier alpha value is -2.23. The molecule has 0 radical (unpaired) electrons. The van der Waals surface area contributed by atoms with Gasteiger partial charge in [0, 0.05) is 23.7 Å². The van der Waals surface area contributed by atoms with Gasteiger partial charge in [0.1, 0.15) is 11.6 Å². The van der Waals surface area contributed by atoms with Crippen molar-refractivity contribution in [2.45, 2.75) is 84.3 Å². The highest BCUT2D eigenvalue weighted by molar-refractivity contribution is 8.76. The van der Waals surface area contributed by atoms with Crippen molar-refractivity contribution in [2.24, 2.45) is 0 Å². The Kier molecular flexibility index (Phi) is 20.3. The zero-order valence-corrected chi connectivity index (χ0v) is 22.5. The number of nitro groups is 1. The van der Waals surface area contributed by atoms with Crippen molar-refractivity contribution in [3.8, 4) is 0 Å². The standard InChI is InChI=1S/C16H17N3O3S2.C3H6O.C3H8.C2H6/c1-11(12(2)20)18-10-13-6-3-4-8-15(13)23-24-16-14(19(21)22)7-5-9-17-16;1-3(2)4;1-3-2;1-2/h3-9,11,18H,10H2,1-2H3;1-2H3;3H2,1-2H3;1-2H3. The van der Waals surface area contributed by atoms with Crippen LogP contribution in [0.3, 0.4) is 0 Å². The molecule has 0 amide bonds. The van der Waals surface area contributed by atoms with E-state index < -0.39 is 4.92 Å². The molecule has 0 aliphatic rings. The molecular weight excluding hydrogens is 458 g/mol. The van der Waals surface area contributed by atoms with Gasteiger partial charge in [0.15, 0.2) is 5.03 Å². The second kappa shape index (κ2) is 20.4. The van der Waals surface area contributed by atoms with Gasteiger partial charge in [-0.15, -0.1) is 0 Å². The lowest BCUT2D eigenvalue weighted by molar-refractivity contribution is -0.388. The summed E-state index contributed by atoms with van der Waals surface area (Å²) in [6.45, 7) is 15.2. The monoisotopic (exact) mass is 495 g/mol. The van der Waals surface area contributed by atoms with Crippen molar-refractivity contribution in [2.75, 3.05) is 0 Å². The normalized spacial score (nSPS) is 10.2. The SMILES string of the molecule is CC.CC(=O)C(C)NCc1ccccc1SSc1ncccc1[N+](=O)[O-].CC(C)=O.CCC. The van der Waals surface area contributed by atoms with Gasteiger partial charge in [0.2, 0.25) is 0 Å². The molecule has 1 heterocycles. The second-order valence-electron chi connectivity index (χ2n) is 6.69. The number of Topliss-reactive ketones (excluding diaryl/α,β-unsaturated/α-hetero) is 2. The lowest BCUT2D eigenvalue weighted by atomic mass is 10.2. The number of hydrogen-bond donors (Lipinski definition) is 1. The van der Waals surface area contributed by atoms with Gasteiger partial charge in [-0.05, 0) is 56.2 Å². The Morgan fingerprint density at radius 3 is 2.12 bits per heavy atom. The summed E-state index contributed by atoms with van der Waals surface area (Å²) in [7, 11) is 2.67. The number of hydrogen-bond acceptors (Lipinski definition) is 8. The van der Waals surface area contributed by atoms with Crippen LogP contribution < -0.4 is 5.32 Å². The van der Waals surface area contributed by atoms with Crippen molar-refractivity contribution in [1.29, 1.82) is 0 Å². The van der Waals surface area contributed by atoms with Gasteiger partial charge in [-0.2, -0.15) is 0 Å². The molecule has 0 saturated carbocycles. The summed E-state index contributed by atoms with van der Waals surface area (Å²) in [6.07, 6.45) is 2.79.